The van der Waals surface area contributed by atoms with Crippen molar-refractivity contribution >= 4 is 16.8 Å². The van der Waals surface area contributed by atoms with E-state index in [9.17, 15) is 23.1 Å². The van der Waals surface area contributed by atoms with Crippen molar-refractivity contribution in [3.8, 4) is 5.75 Å². The fraction of sp³-hybridized carbons (Fsp3) is 0.320. The monoisotopic (exact) mass is 517 g/mol. The summed E-state index contributed by atoms with van der Waals surface area (Å²) in [6, 6.07) is 11.1. The third-order valence-corrected chi connectivity index (χ3v) is 7.07. The Morgan fingerprint density at radius 1 is 1.19 bits per heavy atom. The van der Waals surface area contributed by atoms with Crippen molar-refractivity contribution in [2.45, 2.75) is 44.1 Å². The normalized spacial score (nSPS) is 16.0. The van der Waals surface area contributed by atoms with Gasteiger partial charge in [0.25, 0.3) is 5.56 Å². The van der Waals surface area contributed by atoms with Gasteiger partial charge in [0.2, 0.25) is 5.62 Å². The number of nitrogens with one attached hydrogen (secondary N) is 2. The predicted octanol–water partition coefficient (Wildman–Crippen LogP) is 2.70. The molecule has 36 heavy (non-hydrogen) atoms. The van der Waals surface area contributed by atoms with Gasteiger partial charge < -0.3 is 10.4 Å². The van der Waals surface area contributed by atoms with Gasteiger partial charge in [-0.3, -0.25) is 19.3 Å². The first-order valence-corrected chi connectivity index (χ1v) is 12.1. The van der Waals surface area contributed by atoms with E-state index in [4.69, 9.17) is 5.41 Å². The van der Waals surface area contributed by atoms with E-state index in [0.29, 0.717) is 27.7 Å². The molecule has 0 radical (unpaired) electrons. The largest absolute Gasteiger partial charge is 0.508 e. The van der Waals surface area contributed by atoms with Crippen LogP contribution in [-0.4, -0.2) is 20.3 Å². The third kappa shape index (κ3) is 5.20. The van der Waals surface area contributed by atoms with Gasteiger partial charge in [-0.15, -0.1) is 0 Å². The SMILES string of the molecule is CC(C)C1Cn2c(=N)c(=C(NCc3ccc(C(F)(F)F)cc3)Sc3ccc(O)cc3)c(=O)n(C)c2=N1. The summed E-state index contributed by atoms with van der Waals surface area (Å²) in [5.41, 5.74) is -0.112. The molecule has 2 heterocycles. The van der Waals surface area contributed by atoms with Crippen LogP contribution in [0, 0.1) is 11.3 Å². The Labute approximate surface area is 209 Å². The van der Waals surface area contributed by atoms with E-state index >= 15 is 0 Å². The van der Waals surface area contributed by atoms with Gasteiger partial charge in [0.05, 0.1) is 23.2 Å². The number of aromatic hydroxyl groups is 1. The molecule has 11 heteroatoms. The molecule has 0 saturated heterocycles. The van der Waals surface area contributed by atoms with Crippen LogP contribution >= 0.6 is 11.8 Å². The number of hydrogen-bond donors (Lipinski definition) is 3. The van der Waals surface area contributed by atoms with E-state index < -0.39 is 17.3 Å². The summed E-state index contributed by atoms with van der Waals surface area (Å²) in [6.45, 7) is 4.69. The van der Waals surface area contributed by atoms with Gasteiger partial charge >= 0.3 is 6.18 Å². The van der Waals surface area contributed by atoms with E-state index in [0.717, 1.165) is 12.1 Å². The zero-order valence-electron chi connectivity index (χ0n) is 19.9. The van der Waals surface area contributed by atoms with E-state index in [1.54, 1.807) is 23.7 Å². The molecule has 7 nitrogen and oxygen atoms in total. The summed E-state index contributed by atoms with van der Waals surface area (Å²) in [5, 5.41) is 22.2. The zero-order valence-corrected chi connectivity index (χ0v) is 20.7. The van der Waals surface area contributed by atoms with Crippen molar-refractivity contribution < 1.29 is 18.3 Å². The first-order valence-electron chi connectivity index (χ1n) is 11.3. The maximum atomic E-state index is 13.4. The number of fused-ring (bicyclic) bond motifs is 1. The minimum atomic E-state index is -4.43. The summed E-state index contributed by atoms with van der Waals surface area (Å²) >= 11 is 1.20. The molecule has 1 aliphatic heterocycles. The Bertz CT molecular complexity index is 1510. The van der Waals surface area contributed by atoms with Gasteiger partial charge in [-0.2, -0.15) is 13.2 Å². The lowest BCUT2D eigenvalue weighted by Crippen LogP contribution is -2.58. The lowest BCUT2D eigenvalue weighted by Gasteiger charge is -2.14. The van der Waals surface area contributed by atoms with Gasteiger partial charge in [0, 0.05) is 18.5 Å². The van der Waals surface area contributed by atoms with Crippen LogP contribution in [0.3, 0.4) is 0 Å². The lowest BCUT2D eigenvalue weighted by molar-refractivity contribution is -0.137. The van der Waals surface area contributed by atoms with Crippen LogP contribution < -0.4 is 27.2 Å². The maximum Gasteiger partial charge on any atom is 0.416 e. The van der Waals surface area contributed by atoms with E-state index in [1.807, 2.05) is 13.8 Å². The van der Waals surface area contributed by atoms with Gasteiger partial charge in [-0.05, 0) is 47.9 Å². The molecule has 0 aliphatic carbocycles. The van der Waals surface area contributed by atoms with E-state index in [2.05, 4.69) is 10.3 Å². The van der Waals surface area contributed by atoms with Crippen LogP contribution in [0.5, 0.6) is 5.75 Å². The summed E-state index contributed by atoms with van der Waals surface area (Å²) in [7, 11) is 1.61. The standard InChI is InChI=1S/C25H26F3N5O2S/c1-14(2)19-13-33-21(29)20(23(35)32(3)24(33)31-19)22(36-18-10-8-17(34)9-11-18)30-12-15-4-6-16(7-5-15)25(26,27)28/h4-11,14,19,29-30,34H,12-13H2,1-3H3. The molecule has 3 aromatic rings. The summed E-state index contributed by atoms with van der Waals surface area (Å²) in [6.07, 6.45) is -4.43. The molecule has 4 rings (SSSR count). The Balaban J connectivity index is 1.80. The molecule has 3 N–H and O–H groups in total. The highest BCUT2D eigenvalue weighted by Gasteiger charge is 2.30. The van der Waals surface area contributed by atoms with E-state index in [-0.39, 0.29) is 35.0 Å². The Morgan fingerprint density at radius 3 is 2.42 bits per heavy atom. The number of phenolic OH excluding ortho intramolecular Hbond substituents is 1. The number of phenols is 1. The van der Waals surface area contributed by atoms with Crippen molar-refractivity contribution in [1.29, 1.82) is 5.41 Å². The number of rotatable bonds is 6. The van der Waals surface area contributed by atoms with Gasteiger partial charge in [0.15, 0.2) is 0 Å². The topological polar surface area (TPSA) is 95.4 Å². The van der Waals surface area contributed by atoms with Crippen molar-refractivity contribution in [2.75, 3.05) is 0 Å². The minimum absolute atomic E-state index is 0.0150. The average Bonchev–Trinajstić information content (AvgIpc) is 3.29. The van der Waals surface area contributed by atoms with Crippen LogP contribution in [0.15, 0.2) is 63.2 Å². The number of aromatic nitrogens is 2. The van der Waals surface area contributed by atoms with Crippen molar-refractivity contribution in [2.24, 2.45) is 18.0 Å². The van der Waals surface area contributed by atoms with Crippen LogP contribution in [0.25, 0.3) is 5.03 Å². The lowest BCUT2D eigenvalue weighted by atomic mass is 10.1. The Hall–Kier alpha value is -3.47. The maximum absolute atomic E-state index is 13.4. The molecular formula is C25H26F3N5O2S. The number of halogens is 3. The fourth-order valence-electron chi connectivity index (χ4n) is 3.85. The van der Waals surface area contributed by atoms with Crippen molar-refractivity contribution in [3.63, 3.8) is 0 Å². The second-order valence-corrected chi connectivity index (χ2v) is 10.00. The average molecular weight is 518 g/mol. The van der Waals surface area contributed by atoms with Gasteiger partial charge in [-0.1, -0.05) is 37.7 Å². The third-order valence-electron chi connectivity index (χ3n) is 6.01. The quantitative estimate of drug-likeness (QED) is 0.438. The molecule has 1 unspecified atom stereocenters. The van der Waals surface area contributed by atoms with Crippen LogP contribution in [0.1, 0.15) is 25.0 Å². The highest BCUT2D eigenvalue weighted by Crippen LogP contribution is 2.29. The molecule has 1 aromatic heterocycles. The number of benzene rings is 2. The number of nitrogens with zero attached hydrogens (tertiary/aromatic N) is 3. The summed E-state index contributed by atoms with van der Waals surface area (Å²) in [5.74, 6) is 0.320. The molecule has 0 saturated carbocycles. The predicted molar refractivity (Wildman–Crippen MR) is 131 cm³/mol. The van der Waals surface area contributed by atoms with E-state index in [1.165, 1.54) is 40.6 Å². The van der Waals surface area contributed by atoms with Crippen molar-refractivity contribution in [1.82, 2.24) is 14.5 Å². The molecule has 0 amide bonds. The van der Waals surface area contributed by atoms with Gasteiger partial charge in [-0.25, -0.2) is 4.99 Å². The van der Waals surface area contributed by atoms with Gasteiger partial charge in [0.1, 0.15) is 16.5 Å². The van der Waals surface area contributed by atoms with Crippen LogP contribution in [0.2, 0.25) is 0 Å². The first-order chi connectivity index (χ1) is 17.0. The smallest absolute Gasteiger partial charge is 0.416 e. The number of hydrogen-bond acceptors (Lipinski definition) is 6. The fourth-order valence-corrected chi connectivity index (χ4v) is 4.79. The van der Waals surface area contributed by atoms with Crippen LogP contribution in [-0.2, 0) is 26.3 Å². The molecule has 1 aliphatic rings. The number of thioether (sulfide) groups is 1. The molecule has 2 aromatic carbocycles. The Kier molecular flexibility index (Phi) is 7.03. The molecule has 0 bridgehead atoms. The Morgan fingerprint density at radius 2 is 1.83 bits per heavy atom. The minimum Gasteiger partial charge on any atom is -0.508 e. The zero-order chi connectivity index (χ0) is 26.2. The molecule has 1 atom stereocenters. The molecule has 190 valence electrons. The molecule has 0 spiro atoms. The highest BCUT2D eigenvalue weighted by atomic mass is 32.2. The molecular weight excluding hydrogens is 491 g/mol. The van der Waals surface area contributed by atoms with Crippen molar-refractivity contribution in [3.05, 3.63) is 86.3 Å². The second-order valence-electron chi connectivity index (χ2n) is 8.91. The first kappa shape index (κ1) is 25.6. The summed E-state index contributed by atoms with van der Waals surface area (Å²) < 4.78 is 41.9. The van der Waals surface area contributed by atoms with Crippen LogP contribution in [0.4, 0.5) is 13.2 Å². The number of alkyl halides is 3. The highest BCUT2D eigenvalue weighted by molar-refractivity contribution is 8.07. The summed E-state index contributed by atoms with van der Waals surface area (Å²) in [4.78, 5) is 18.8. The molecule has 0 fully saturated rings. The second kappa shape index (κ2) is 9.88.